The molecule has 0 fully saturated rings. The molecule has 2 unspecified atom stereocenters. The molecule has 0 spiro atoms. The van der Waals surface area contributed by atoms with Crippen LogP contribution in [0.25, 0.3) is 0 Å². The molecule has 4 N–H and O–H groups in total. The number of hydrazine groups is 1. The second-order valence-electron chi connectivity index (χ2n) is 5.26. The molecule has 6 heteroatoms. The Kier molecular flexibility index (Phi) is 3.04. The van der Waals surface area contributed by atoms with Gasteiger partial charge in [0.25, 0.3) is 0 Å². The molecule has 19 heavy (non-hydrogen) atoms. The molecular formula is C13H19N5O. The Hall–Kier alpha value is -1.79. The van der Waals surface area contributed by atoms with Crippen LogP contribution >= 0.6 is 0 Å². The third-order valence-corrected chi connectivity index (χ3v) is 3.38. The quantitative estimate of drug-likeness (QED) is 0.681. The van der Waals surface area contributed by atoms with Gasteiger partial charge < -0.3 is 20.8 Å². The predicted molar refractivity (Wildman–Crippen MR) is 75.0 cm³/mol. The average Bonchev–Trinajstić information content (AvgIpc) is 2.94. The van der Waals surface area contributed by atoms with Crippen LogP contribution in [0.3, 0.4) is 0 Å². The lowest BCUT2D eigenvalue weighted by atomic mass is 10.0. The first kappa shape index (κ1) is 12.3. The van der Waals surface area contributed by atoms with Gasteiger partial charge in [-0.1, -0.05) is 0 Å². The number of benzene rings is 1. The summed E-state index contributed by atoms with van der Waals surface area (Å²) in [5.41, 5.74) is 14.9. The van der Waals surface area contributed by atoms with Crippen molar-refractivity contribution in [2.24, 2.45) is 4.99 Å². The summed E-state index contributed by atoms with van der Waals surface area (Å²) < 4.78 is 5.92. The molecule has 2 aliphatic rings. The molecule has 3 rings (SSSR count). The third-order valence-electron chi connectivity index (χ3n) is 3.38. The van der Waals surface area contributed by atoms with Gasteiger partial charge in [-0.15, -0.1) is 0 Å². The topological polar surface area (TPSA) is 74.9 Å². The minimum Gasteiger partial charge on any atom is -0.488 e. The molecule has 0 radical (unpaired) electrons. The maximum atomic E-state index is 6.09. The van der Waals surface area contributed by atoms with Gasteiger partial charge in [-0.3, -0.25) is 0 Å². The molecule has 102 valence electrons. The van der Waals surface area contributed by atoms with Crippen LogP contribution in [-0.4, -0.2) is 38.0 Å². The molecule has 0 amide bonds. The summed E-state index contributed by atoms with van der Waals surface area (Å²) in [6, 6.07) is 4.01. The number of ether oxygens (including phenoxy) is 1. The van der Waals surface area contributed by atoms with Crippen LogP contribution in [0.5, 0.6) is 5.75 Å². The number of nitrogens with zero attached hydrogens (tertiary/aromatic N) is 2. The number of likely N-dealkylation sites (N-methyl/N-ethyl adjacent to an activating group) is 1. The predicted octanol–water partition coefficient (Wildman–Crippen LogP) is 0.269. The second-order valence-corrected chi connectivity index (χ2v) is 5.26. The smallest absolute Gasteiger partial charge is 0.145 e. The number of nitrogens with one attached hydrogen (secondary N) is 2. The van der Waals surface area contributed by atoms with Gasteiger partial charge in [-0.2, -0.15) is 0 Å². The molecular weight excluding hydrogens is 242 g/mol. The van der Waals surface area contributed by atoms with E-state index in [2.05, 4.69) is 40.9 Å². The summed E-state index contributed by atoms with van der Waals surface area (Å²) in [7, 11) is 4.10. The molecule has 1 aromatic rings. The van der Waals surface area contributed by atoms with Gasteiger partial charge in [0.1, 0.15) is 18.0 Å². The van der Waals surface area contributed by atoms with Gasteiger partial charge in [0.2, 0.25) is 0 Å². The van der Waals surface area contributed by atoms with E-state index in [-0.39, 0.29) is 12.3 Å². The zero-order chi connectivity index (χ0) is 13.4. The van der Waals surface area contributed by atoms with Crippen molar-refractivity contribution in [3.05, 3.63) is 23.3 Å². The fourth-order valence-corrected chi connectivity index (χ4v) is 2.56. The summed E-state index contributed by atoms with van der Waals surface area (Å²) in [6.07, 6.45) is 2.66. The monoisotopic (exact) mass is 261 g/mol. The minimum absolute atomic E-state index is 0.113. The summed E-state index contributed by atoms with van der Waals surface area (Å²) in [4.78, 5) is 6.42. The Bertz CT molecular complexity index is 514. The van der Waals surface area contributed by atoms with Crippen molar-refractivity contribution in [3.8, 4) is 5.75 Å². The van der Waals surface area contributed by atoms with Gasteiger partial charge in [0.05, 0.1) is 6.34 Å². The van der Waals surface area contributed by atoms with Crippen LogP contribution in [0.2, 0.25) is 0 Å². The normalized spacial score (nSPS) is 24.4. The number of nitrogen functional groups attached to an aromatic ring is 1. The number of hydrogen-bond acceptors (Lipinski definition) is 6. The van der Waals surface area contributed by atoms with Crippen molar-refractivity contribution < 1.29 is 4.74 Å². The zero-order valence-corrected chi connectivity index (χ0v) is 11.2. The maximum absolute atomic E-state index is 6.09. The average molecular weight is 261 g/mol. The van der Waals surface area contributed by atoms with Gasteiger partial charge in [0, 0.05) is 30.3 Å². The fraction of sp³-hybridized carbons (Fsp3) is 0.462. The van der Waals surface area contributed by atoms with Crippen LogP contribution in [0, 0.1) is 0 Å². The summed E-state index contributed by atoms with van der Waals surface area (Å²) >= 11 is 0. The Labute approximate surface area is 112 Å². The number of rotatable bonds is 3. The van der Waals surface area contributed by atoms with Crippen LogP contribution in [0.1, 0.15) is 17.3 Å². The molecule has 0 saturated carbocycles. The molecule has 0 aliphatic carbocycles. The minimum atomic E-state index is -0.113. The largest absolute Gasteiger partial charge is 0.488 e. The summed E-state index contributed by atoms with van der Waals surface area (Å²) in [6.45, 7) is 0.908. The molecule has 6 nitrogen and oxygen atoms in total. The van der Waals surface area contributed by atoms with Crippen molar-refractivity contribution in [1.29, 1.82) is 0 Å². The molecule has 2 atom stereocenters. The van der Waals surface area contributed by atoms with E-state index in [0.717, 1.165) is 24.3 Å². The number of fused-ring (bicyclic) bond motifs is 1. The Morgan fingerprint density at radius 3 is 3.00 bits per heavy atom. The second kappa shape index (κ2) is 4.71. The van der Waals surface area contributed by atoms with Gasteiger partial charge in [-0.05, 0) is 25.7 Å². The van der Waals surface area contributed by atoms with Gasteiger partial charge in [-0.25, -0.2) is 10.4 Å². The Balaban J connectivity index is 1.83. The first-order valence-corrected chi connectivity index (χ1v) is 6.40. The fourth-order valence-electron chi connectivity index (χ4n) is 2.56. The molecule has 2 heterocycles. The van der Waals surface area contributed by atoms with Crippen LogP contribution in [0.4, 0.5) is 5.69 Å². The number of hydrogen-bond donors (Lipinski definition) is 3. The molecule has 1 aromatic carbocycles. The van der Waals surface area contributed by atoms with E-state index < -0.39 is 0 Å². The Morgan fingerprint density at radius 1 is 1.47 bits per heavy atom. The highest BCUT2D eigenvalue weighted by Crippen LogP contribution is 2.35. The van der Waals surface area contributed by atoms with E-state index in [4.69, 9.17) is 10.5 Å². The number of nitrogens with two attached hydrogens (primary N) is 1. The van der Waals surface area contributed by atoms with Crippen molar-refractivity contribution >= 4 is 12.0 Å². The van der Waals surface area contributed by atoms with Crippen LogP contribution < -0.4 is 21.3 Å². The van der Waals surface area contributed by atoms with Gasteiger partial charge >= 0.3 is 0 Å². The summed E-state index contributed by atoms with van der Waals surface area (Å²) in [5.74, 6) is 0.906. The zero-order valence-electron chi connectivity index (χ0n) is 11.2. The number of aliphatic imine (C=N–C) groups is 1. The van der Waals surface area contributed by atoms with E-state index in [0.29, 0.717) is 5.69 Å². The highest BCUT2D eigenvalue weighted by Gasteiger charge is 2.26. The van der Waals surface area contributed by atoms with E-state index in [1.807, 2.05) is 6.07 Å². The molecule has 0 saturated heterocycles. The molecule has 0 aromatic heterocycles. The number of anilines is 1. The first-order chi connectivity index (χ1) is 9.13. The lowest BCUT2D eigenvalue weighted by Gasteiger charge is -2.15. The lowest BCUT2D eigenvalue weighted by molar-refractivity contribution is 0.184. The van der Waals surface area contributed by atoms with E-state index in [1.54, 1.807) is 6.34 Å². The maximum Gasteiger partial charge on any atom is 0.145 e. The Morgan fingerprint density at radius 2 is 2.32 bits per heavy atom. The van der Waals surface area contributed by atoms with E-state index in [1.165, 1.54) is 5.56 Å². The third kappa shape index (κ3) is 2.36. The van der Waals surface area contributed by atoms with Crippen molar-refractivity contribution in [2.45, 2.75) is 18.7 Å². The standard InChI is InChI=1S/C13H19N5O/c1-18(2)6-9-3-8-4-10(13-15-7-16-17-13)11(14)5-12(8)19-9/h4-5,7,9,13,17H,3,6,14H2,1-2H3,(H,15,16). The van der Waals surface area contributed by atoms with Crippen molar-refractivity contribution in [3.63, 3.8) is 0 Å². The van der Waals surface area contributed by atoms with E-state index in [9.17, 15) is 0 Å². The van der Waals surface area contributed by atoms with Gasteiger partial charge in [0.15, 0.2) is 0 Å². The van der Waals surface area contributed by atoms with Crippen molar-refractivity contribution in [2.75, 3.05) is 26.4 Å². The first-order valence-electron chi connectivity index (χ1n) is 6.40. The van der Waals surface area contributed by atoms with E-state index >= 15 is 0 Å². The molecule has 2 aliphatic heterocycles. The molecule has 0 bridgehead atoms. The SMILES string of the molecule is CN(C)CC1Cc2cc(C3N=CNN3)c(N)cc2O1. The van der Waals surface area contributed by atoms with Crippen LogP contribution in [0.15, 0.2) is 17.1 Å². The lowest BCUT2D eigenvalue weighted by Crippen LogP contribution is -2.29. The van der Waals surface area contributed by atoms with Crippen molar-refractivity contribution in [1.82, 2.24) is 15.8 Å². The highest BCUT2D eigenvalue weighted by molar-refractivity contribution is 5.61. The highest BCUT2D eigenvalue weighted by atomic mass is 16.5. The van der Waals surface area contributed by atoms with Crippen LogP contribution in [-0.2, 0) is 6.42 Å². The summed E-state index contributed by atoms with van der Waals surface area (Å²) in [5, 5.41) is 0.